The lowest BCUT2D eigenvalue weighted by Gasteiger charge is -2.27. The molecule has 1 aromatic rings. The zero-order valence-electron chi connectivity index (χ0n) is 16.2. The second-order valence-corrected chi connectivity index (χ2v) is 6.40. The topological polar surface area (TPSA) is 40.1 Å². The Balaban J connectivity index is 0.00000338. The summed E-state index contributed by atoms with van der Waals surface area (Å²) in [6.45, 7) is 11.1. The van der Waals surface area contributed by atoms with Crippen molar-refractivity contribution in [1.29, 1.82) is 0 Å². The van der Waals surface area contributed by atoms with Gasteiger partial charge in [0.2, 0.25) is 0 Å². The Hall–Kier alpha value is -1.09. The summed E-state index contributed by atoms with van der Waals surface area (Å²) in [5.74, 6) is 0.841. The molecule has 2 unspecified atom stereocenters. The molecule has 148 valence electrons. The summed E-state index contributed by atoms with van der Waals surface area (Å²) >= 11 is 0. The predicted molar refractivity (Wildman–Crippen MR) is 116 cm³/mol. The second kappa shape index (κ2) is 11.6. The summed E-state index contributed by atoms with van der Waals surface area (Å²) in [5.41, 5.74) is 0. The number of hydrogen-bond donors (Lipinski definition) is 1. The summed E-state index contributed by atoms with van der Waals surface area (Å²) in [7, 11) is 1.80. The normalized spacial score (nSPS) is 18.6. The molecule has 0 spiro atoms. The van der Waals surface area contributed by atoms with Crippen molar-refractivity contribution in [1.82, 2.24) is 15.1 Å². The third kappa shape index (κ3) is 6.26. The highest BCUT2D eigenvalue weighted by Crippen LogP contribution is 2.17. The smallest absolute Gasteiger partial charge is 0.193 e. The Morgan fingerprint density at radius 2 is 2.08 bits per heavy atom. The number of nitrogens with one attached hydrogen (secondary N) is 1. The number of aliphatic imine (C=N–C) groups is 1. The summed E-state index contributed by atoms with van der Waals surface area (Å²) < 4.78 is 19.3. The van der Waals surface area contributed by atoms with Gasteiger partial charge in [-0.15, -0.1) is 24.0 Å². The van der Waals surface area contributed by atoms with E-state index in [2.05, 4.69) is 34.0 Å². The van der Waals surface area contributed by atoms with Crippen LogP contribution in [0.1, 0.15) is 27.2 Å². The van der Waals surface area contributed by atoms with Gasteiger partial charge in [-0.1, -0.05) is 26.0 Å². The van der Waals surface area contributed by atoms with Crippen LogP contribution in [-0.2, 0) is 0 Å². The SMILES string of the molecule is CCN(CC)C1CCN(C(=NC)NCC(C)Oc2ccccc2F)C1.I. The predicted octanol–water partition coefficient (Wildman–Crippen LogP) is 3.20. The maximum Gasteiger partial charge on any atom is 0.193 e. The second-order valence-electron chi connectivity index (χ2n) is 6.40. The van der Waals surface area contributed by atoms with Crippen LogP contribution >= 0.6 is 24.0 Å². The quantitative estimate of drug-likeness (QED) is 0.371. The molecule has 26 heavy (non-hydrogen) atoms. The van der Waals surface area contributed by atoms with Crippen molar-refractivity contribution in [2.75, 3.05) is 39.8 Å². The Kier molecular flexibility index (Phi) is 10.2. The molecule has 5 nitrogen and oxygen atoms in total. The lowest BCUT2D eigenvalue weighted by Crippen LogP contribution is -2.45. The van der Waals surface area contributed by atoms with Crippen LogP contribution in [0.15, 0.2) is 29.3 Å². The fraction of sp³-hybridized carbons (Fsp3) is 0.632. The number of likely N-dealkylation sites (tertiary alicyclic amines) is 1. The first-order valence-corrected chi connectivity index (χ1v) is 9.19. The number of ether oxygens (including phenoxy) is 1. The van der Waals surface area contributed by atoms with Crippen molar-refractivity contribution in [3.8, 4) is 5.75 Å². The number of likely N-dealkylation sites (N-methyl/N-ethyl adjacent to an activating group) is 1. The van der Waals surface area contributed by atoms with E-state index in [4.69, 9.17) is 4.74 Å². The zero-order valence-corrected chi connectivity index (χ0v) is 18.6. The molecular formula is C19H32FIN4O. The molecule has 1 aromatic carbocycles. The molecular weight excluding hydrogens is 446 g/mol. The molecule has 1 saturated heterocycles. The van der Waals surface area contributed by atoms with E-state index in [-0.39, 0.29) is 41.6 Å². The molecule has 0 saturated carbocycles. The number of benzene rings is 1. The largest absolute Gasteiger partial charge is 0.486 e. The van der Waals surface area contributed by atoms with Crippen LogP contribution in [0.3, 0.4) is 0 Å². The summed E-state index contributed by atoms with van der Waals surface area (Å²) in [6, 6.07) is 7.07. The Bertz CT molecular complexity index is 568. The van der Waals surface area contributed by atoms with Gasteiger partial charge in [-0.25, -0.2) is 4.39 Å². The van der Waals surface area contributed by atoms with Gasteiger partial charge in [-0.3, -0.25) is 9.89 Å². The van der Waals surface area contributed by atoms with Gasteiger partial charge >= 0.3 is 0 Å². The first-order valence-electron chi connectivity index (χ1n) is 9.19. The highest BCUT2D eigenvalue weighted by Gasteiger charge is 2.28. The molecule has 1 N–H and O–H groups in total. The van der Waals surface area contributed by atoms with Crippen LogP contribution in [0.2, 0.25) is 0 Å². The van der Waals surface area contributed by atoms with Crippen molar-refractivity contribution >= 4 is 29.9 Å². The molecule has 0 amide bonds. The summed E-state index contributed by atoms with van der Waals surface area (Å²) in [5, 5.41) is 3.36. The minimum absolute atomic E-state index is 0. The maximum atomic E-state index is 13.7. The fourth-order valence-electron chi connectivity index (χ4n) is 3.34. The number of para-hydroxylation sites is 1. The van der Waals surface area contributed by atoms with Crippen LogP contribution in [0, 0.1) is 5.82 Å². The average molecular weight is 478 g/mol. The Morgan fingerprint density at radius 1 is 1.38 bits per heavy atom. The van der Waals surface area contributed by atoms with Gasteiger partial charge in [-0.2, -0.15) is 0 Å². The Morgan fingerprint density at radius 3 is 2.69 bits per heavy atom. The van der Waals surface area contributed by atoms with E-state index in [1.165, 1.54) is 6.07 Å². The molecule has 0 aliphatic carbocycles. The lowest BCUT2D eigenvalue weighted by molar-refractivity contribution is 0.211. The number of halogens is 2. The molecule has 1 aliphatic heterocycles. The molecule has 1 aliphatic rings. The highest BCUT2D eigenvalue weighted by molar-refractivity contribution is 14.0. The monoisotopic (exact) mass is 478 g/mol. The zero-order chi connectivity index (χ0) is 18.2. The van der Waals surface area contributed by atoms with Crippen molar-refractivity contribution in [3.05, 3.63) is 30.1 Å². The van der Waals surface area contributed by atoms with E-state index in [9.17, 15) is 4.39 Å². The van der Waals surface area contributed by atoms with Crippen LogP contribution in [-0.4, -0.2) is 67.7 Å². The number of hydrogen-bond acceptors (Lipinski definition) is 3. The van der Waals surface area contributed by atoms with Crippen molar-refractivity contribution in [2.45, 2.75) is 39.3 Å². The van der Waals surface area contributed by atoms with Crippen LogP contribution in [0.4, 0.5) is 4.39 Å². The molecule has 7 heteroatoms. The minimum Gasteiger partial charge on any atom is -0.486 e. The Labute approximate surface area is 174 Å². The van der Waals surface area contributed by atoms with E-state index < -0.39 is 0 Å². The third-order valence-corrected chi connectivity index (χ3v) is 4.72. The highest BCUT2D eigenvalue weighted by atomic mass is 127. The molecule has 0 aromatic heterocycles. The van der Waals surface area contributed by atoms with Crippen LogP contribution < -0.4 is 10.1 Å². The lowest BCUT2D eigenvalue weighted by atomic mass is 10.2. The average Bonchev–Trinajstić information content (AvgIpc) is 3.08. The molecule has 1 heterocycles. The van der Waals surface area contributed by atoms with Crippen molar-refractivity contribution in [3.63, 3.8) is 0 Å². The van der Waals surface area contributed by atoms with Gasteiger partial charge in [0.25, 0.3) is 0 Å². The molecule has 0 radical (unpaired) electrons. The maximum absolute atomic E-state index is 13.7. The van der Waals surface area contributed by atoms with Crippen molar-refractivity contribution < 1.29 is 9.13 Å². The molecule has 2 atom stereocenters. The minimum atomic E-state index is -0.333. The number of rotatable bonds is 7. The van der Waals surface area contributed by atoms with E-state index in [1.54, 1.807) is 25.2 Å². The van der Waals surface area contributed by atoms with Gasteiger partial charge in [0.05, 0.1) is 6.54 Å². The summed E-state index contributed by atoms with van der Waals surface area (Å²) in [4.78, 5) is 9.18. The van der Waals surface area contributed by atoms with Crippen LogP contribution in [0.25, 0.3) is 0 Å². The standard InChI is InChI=1S/C19H31FN4O.HI/c1-5-23(6-2)16-11-12-24(14-16)19(21-4)22-13-15(3)25-18-10-8-7-9-17(18)20;/h7-10,15-16H,5-6,11-14H2,1-4H3,(H,21,22);1H. The van der Waals surface area contributed by atoms with E-state index in [0.717, 1.165) is 38.6 Å². The summed E-state index contributed by atoms with van der Waals surface area (Å²) in [6.07, 6.45) is 0.999. The van der Waals surface area contributed by atoms with E-state index in [0.29, 0.717) is 12.6 Å². The first kappa shape index (κ1) is 23.0. The van der Waals surface area contributed by atoms with E-state index >= 15 is 0 Å². The van der Waals surface area contributed by atoms with Gasteiger partial charge in [0, 0.05) is 26.2 Å². The fourth-order valence-corrected chi connectivity index (χ4v) is 3.34. The molecule has 2 rings (SSSR count). The number of guanidine groups is 1. The van der Waals surface area contributed by atoms with Crippen molar-refractivity contribution in [2.24, 2.45) is 4.99 Å². The first-order chi connectivity index (χ1) is 12.1. The molecule has 0 bridgehead atoms. The molecule has 1 fully saturated rings. The van der Waals surface area contributed by atoms with Crippen LogP contribution in [0.5, 0.6) is 5.75 Å². The van der Waals surface area contributed by atoms with E-state index in [1.807, 2.05) is 6.92 Å². The van der Waals surface area contributed by atoms with Gasteiger partial charge in [-0.05, 0) is 38.6 Å². The number of nitrogens with zero attached hydrogens (tertiary/aromatic N) is 3. The van der Waals surface area contributed by atoms with Gasteiger partial charge in [0.1, 0.15) is 6.10 Å². The third-order valence-electron chi connectivity index (χ3n) is 4.72. The van der Waals surface area contributed by atoms with Gasteiger partial charge in [0.15, 0.2) is 17.5 Å². The van der Waals surface area contributed by atoms with Gasteiger partial charge < -0.3 is 15.0 Å².